The van der Waals surface area contributed by atoms with Crippen LogP contribution in [0.25, 0.3) is 0 Å². The zero-order valence-electron chi connectivity index (χ0n) is 13.7. The van der Waals surface area contributed by atoms with E-state index in [2.05, 4.69) is 41.1 Å². The Labute approximate surface area is 127 Å². The third-order valence-electron chi connectivity index (χ3n) is 4.10. The average molecular weight is 292 g/mol. The second kappa shape index (κ2) is 7.04. The summed E-state index contributed by atoms with van der Waals surface area (Å²) in [6.07, 6.45) is 2.66. The lowest BCUT2D eigenvalue weighted by molar-refractivity contribution is 0.346. The predicted octanol–water partition coefficient (Wildman–Crippen LogP) is 1.73. The summed E-state index contributed by atoms with van der Waals surface area (Å²) in [5.74, 6) is 8.40. The highest BCUT2D eigenvalue weighted by molar-refractivity contribution is 5.58. The zero-order chi connectivity index (χ0) is 15.4. The standard InChI is InChI=1S/C15H28N6/c1-11(2)13-17-14(19-16)12(3)15(18-13)20(4)9-10-21-7-5-6-8-21/h11H,5-10,16H2,1-4H3,(H,17,18,19). The van der Waals surface area contributed by atoms with Gasteiger partial charge in [0.2, 0.25) is 0 Å². The minimum atomic E-state index is 0.281. The molecule has 1 aliphatic heterocycles. The first-order valence-corrected chi connectivity index (χ1v) is 7.81. The van der Waals surface area contributed by atoms with Gasteiger partial charge in [0, 0.05) is 31.6 Å². The van der Waals surface area contributed by atoms with Crippen molar-refractivity contribution in [3.05, 3.63) is 11.4 Å². The number of likely N-dealkylation sites (N-methyl/N-ethyl adjacent to an activating group) is 1. The molecule has 2 rings (SSSR count). The van der Waals surface area contributed by atoms with Crippen molar-refractivity contribution in [1.82, 2.24) is 14.9 Å². The molecule has 1 fully saturated rings. The second-order valence-electron chi connectivity index (χ2n) is 6.15. The van der Waals surface area contributed by atoms with Crippen LogP contribution in [0.5, 0.6) is 0 Å². The zero-order valence-corrected chi connectivity index (χ0v) is 13.7. The summed E-state index contributed by atoms with van der Waals surface area (Å²) in [7, 11) is 2.09. The van der Waals surface area contributed by atoms with Gasteiger partial charge in [0.05, 0.1) is 0 Å². The molecule has 0 saturated carbocycles. The van der Waals surface area contributed by atoms with E-state index in [9.17, 15) is 0 Å². The maximum atomic E-state index is 5.60. The molecule has 118 valence electrons. The van der Waals surface area contributed by atoms with Gasteiger partial charge in [-0.05, 0) is 32.9 Å². The van der Waals surface area contributed by atoms with Crippen LogP contribution in [-0.4, -0.2) is 48.1 Å². The van der Waals surface area contributed by atoms with Crippen LogP contribution in [0.2, 0.25) is 0 Å². The van der Waals surface area contributed by atoms with Crippen LogP contribution in [0.4, 0.5) is 11.6 Å². The molecule has 6 heteroatoms. The monoisotopic (exact) mass is 292 g/mol. The van der Waals surface area contributed by atoms with Crippen molar-refractivity contribution in [2.45, 2.75) is 39.5 Å². The van der Waals surface area contributed by atoms with Crippen molar-refractivity contribution in [3.8, 4) is 0 Å². The predicted molar refractivity (Wildman–Crippen MR) is 87.6 cm³/mol. The van der Waals surface area contributed by atoms with Gasteiger partial charge in [-0.2, -0.15) is 0 Å². The van der Waals surface area contributed by atoms with Gasteiger partial charge in [-0.1, -0.05) is 13.8 Å². The quantitative estimate of drug-likeness (QED) is 0.614. The Bertz CT molecular complexity index is 467. The topological polar surface area (TPSA) is 70.3 Å². The van der Waals surface area contributed by atoms with E-state index in [0.717, 1.165) is 36.1 Å². The number of nitrogens with zero attached hydrogens (tertiary/aromatic N) is 4. The van der Waals surface area contributed by atoms with Crippen molar-refractivity contribution < 1.29 is 0 Å². The number of aromatic nitrogens is 2. The van der Waals surface area contributed by atoms with E-state index < -0.39 is 0 Å². The van der Waals surface area contributed by atoms with Crippen molar-refractivity contribution in [2.75, 3.05) is 43.6 Å². The summed E-state index contributed by atoms with van der Waals surface area (Å²) >= 11 is 0. The fourth-order valence-electron chi connectivity index (χ4n) is 2.70. The largest absolute Gasteiger partial charge is 0.358 e. The molecule has 1 aromatic heterocycles. The smallest absolute Gasteiger partial charge is 0.148 e. The SMILES string of the molecule is Cc1c(NN)nc(C(C)C)nc1N(C)CCN1CCCC1. The van der Waals surface area contributed by atoms with Gasteiger partial charge in [-0.15, -0.1) is 0 Å². The highest BCUT2D eigenvalue weighted by Crippen LogP contribution is 2.24. The number of hydrogen-bond donors (Lipinski definition) is 2. The van der Waals surface area contributed by atoms with Gasteiger partial charge >= 0.3 is 0 Å². The fraction of sp³-hybridized carbons (Fsp3) is 0.733. The number of hydrogen-bond acceptors (Lipinski definition) is 6. The van der Waals surface area contributed by atoms with Gasteiger partial charge in [0.1, 0.15) is 17.5 Å². The third kappa shape index (κ3) is 3.83. The minimum absolute atomic E-state index is 0.281. The summed E-state index contributed by atoms with van der Waals surface area (Å²) in [5, 5.41) is 0. The van der Waals surface area contributed by atoms with E-state index >= 15 is 0 Å². The molecule has 0 amide bonds. The molecule has 0 radical (unpaired) electrons. The average Bonchev–Trinajstić information content (AvgIpc) is 2.98. The van der Waals surface area contributed by atoms with Crippen LogP contribution in [0.3, 0.4) is 0 Å². The summed E-state index contributed by atoms with van der Waals surface area (Å²) in [4.78, 5) is 13.9. The molecule has 3 N–H and O–H groups in total. The maximum Gasteiger partial charge on any atom is 0.148 e. The van der Waals surface area contributed by atoms with Crippen molar-refractivity contribution in [1.29, 1.82) is 0 Å². The molecule has 0 aromatic carbocycles. The molecule has 0 spiro atoms. The van der Waals surface area contributed by atoms with E-state index in [1.165, 1.54) is 25.9 Å². The fourth-order valence-corrected chi connectivity index (χ4v) is 2.70. The normalized spacial score (nSPS) is 15.7. The lowest BCUT2D eigenvalue weighted by Gasteiger charge is -2.25. The number of nitrogens with two attached hydrogens (primary N) is 1. The van der Waals surface area contributed by atoms with Crippen LogP contribution in [0.1, 0.15) is 44.0 Å². The molecule has 2 heterocycles. The van der Waals surface area contributed by atoms with Crippen LogP contribution >= 0.6 is 0 Å². The van der Waals surface area contributed by atoms with Crippen LogP contribution in [0.15, 0.2) is 0 Å². The highest BCUT2D eigenvalue weighted by atomic mass is 15.3. The van der Waals surface area contributed by atoms with Gasteiger partial charge in [0.15, 0.2) is 0 Å². The number of likely N-dealkylation sites (tertiary alicyclic amines) is 1. The van der Waals surface area contributed by atoms with Crippen LogP contribution < -0.4 is 16.2 Å². The van der Waals surface area contributed by atoms with Crippen LogP contribution in [-0.2, 0) is 0 Å². The number of nitrogen functional groups attached to an aromatic ring is 1. The molecular weight excluding hydrogens is 264 g/mol. The van der Waals surface area contributed by atoms with Gasteiger partial charge in [-0.3, -0.25) is 0 Å². The number of anilines is 2. The van der Waals surface area contributed by atoms with Gasteiger partial charge < -0.3 is 15.2 Å². The van der Waals surface area contributed by atoms with E-state index in [1.807, 2.05) is 6.92 Å². The Morgan fingerprint density at radius 3 is 2.52 bits per heavy atom. The molecule has 0 unspecified atom stereocenters. The molecule has 0 bridgehead atoms. The summed E-state index contributed by atoms with van der Waals surface area (Å²) < 4.78 is 0. The van der Waals surface area contributed by atoms with E-state index in [-0.39, 0.29) is 5.92 Å². The number of nitrogens with one attached hydrogen (secondary N) is 1. The Kier molecular flexibility index (Phi) is 5.36. The van der Waals surface area contributed by atoms with Crippen molar-refractivity contribution in [2.24, 2.45) is 5.84 Å². The van der Waals surface area contributed by atoms with Crippen molar-refractivity contribution in [3.63, 3.8) is 0 Å². The summed E-state index contributed by atoms with van der Waals surface area (Å²) in [6, 6.07) is 0. The van der Waals surface area contributed by atoms with E-state index in [1.54, 1.807) is 0 Å². The number of hydrazine groups is 1. The molecule has 21 heavy (non-hydrogen) atoms. The number of rotatable bonds is 6. The third-order valence-corrected chi connectivity index (χ3v) is 4.10. The lowest BCUT2D eigenvalue weighted by atomic mass is 10.2. The Morgan fingerprint density at radius 2 is 1.95 bits per heavy atom. The summed E-state index contributed by atoms with van der Waals surface area (Å²) in [6.45, 7) is 10.7. The first kappa shape index (κ1) is 16.0. The Balaban J connectivity index is 2.13. The maximum absolute atomic E-state index is 5.60. The van der Waals surface area contributed by atoms with Gasteiger partial charge in [-0.25, -0.2) is 15.8 Å². The molecule has 0 aliphatic carbocycles. The Hall–Kier alpha value is -1.40. The lowest BCUT2D eigenvalue weighted by Crippen LogP contribution is -2.32. The highest BCUT2D eigenvalue weighted by Gasteiger charge is 2.17. The van der Waals surface area contributed by atoms with E-state index in [4.69, 9.17) is 10.8 Å². The molecule has 0 atom stereocenters. The minimum Gasteiger partial charge on any atom is -0.358 e. The molecular formula is C15H28N6. The first-order chi connectivity index (χ1) is 10.0. The molecule has 1 saturated heterocycles. The van der Waals surface area contributed by atoms with Gasteiger partial charge in [0.25, 0.3) is 0 Å². The summed E-state index contributed by atoms with van der Waals surface area (Å²) in [5.41, 5.74) is 3.70. The second-order valence-corrected chi connectivity index (χ2v) is 6.15. The Morgan fingerprint density at radius 1 is 1.29 bits per heavy atom. The first-order valence-electron chi connectivity index (χ1n) is 7.81. The van der Waals surface area contributed by atoms with Crippen LogP contribution in [0, 0.1) is 6.92 Å². The van der Waals surface area contributed by atoms with E-state index in [0.29, 0.717) is 0 Å². The molecule has 1 aromatic rings. The molecule has 6 nitrogen and oxygen atoms in total. The van der Waals surface area contributed by atoms with Crippen molar-refractivity contribution >= 4 is 11.6 Å². The molecule has 1 aliphatic rings.